The lowest BCUT2D eigenvalue weighted by atomic mass is 10.0. The van der Waals surface area contributed by atoms with Crippen LogP contribution in [0.3, 0.4) is 0 Å². The number of methoxy groups -OCH3 is 1. The molecule has 0 amide bonds. The van der Waals surface area contributed by atoms with E-state index in [1.54, 1.807) is 7.11 Å². The van der Waals surface area contributed by atoms with Gasteiger partial charge in [-0.25, -0.2) is 4.98 Å². The molecule has 1 heterocycles. The molecular formula is C12H17N3O4. The third kappa shape index (κ3) is 2.46. The van der Waals surface area contributed by atoms with Gasteiger partial charge in [0.25, 0.3) is 5.56 Å². The molecule has 7 nitrogen and oxygen atoms in total. The van der Waals surface area contributed by atoms with Gasteiger partial charge in [-0.3, -0.25) is 9.59 Å². The van der Waals surface area contributed by atoms with Crippen molar-refractivity contribution < 1.29 is 14.6 Å². The molecule has 1 aromatic heterocycles. The SMILES string of the molecule is COC1(c2nc(N)c(CC(=O)O)c(=O)[nH]2)CCCC1. The predicted molar refractivity (Wildman–Crippen MR) is 67.8 cm³/mol. The van der Waals surface area contributed by atoms with E-state index in [1.165, 1.54) is 0 Å². The molecule has 4 N–H and O–H groups in total. The Labute approximate surface area is 109 Å². The summed E-state index contributed by atoms with van der Waals surface area (Å²) in [7, 11) is 1.58. The molecule has 1 aliphatic carbocycles. The van der Waals surface area contributed by atoms with Gasteiger partial charge < -0.3 is 20.6 Å². The van der Waals surface area contributed by atoms with Crippen LogP contribution in [-0.4, -0.2) is 28.2 Å². The molecule has 1 aliphatic rings. The summed E-state index contributed by atoms with van der Waals surface area (Å²) in [4.78, 5) is 29.4. The molecule has 0 radical (unpaired) electrons. The first-order chi connectivity index (χ1) is 8.98. The van der Waals surface area contributed by atoms with Gasteiger partial charge in [-0.1, -0.05) is 0 Å². The molecule has 0 saturated heterocycles. The van der Waals surface area contributed by atoms with Crippen molar-refractivity contribution in [2.45, 2.75) is 37.7 Å². The Morgan fingerprint density at radius 1 is 1.53 bits per heavy atom. The summed E-state index contributed by atoms with van der Waals surface area (Å²) in [5, 5.41) is 8.73. The minimum absolute atomic E-state index is 0.0134. The number of anilines is 1. The van der Waals surface area contributed by atoms with Gasteiger partial charge in [0.15, 0.2) is 0 Å². The topological polar surface area (TPSA) is 118 Å². The average Bonchev–Trinajstić information content (AvgIpc) is 2.83. The van der Waals surface area contributed by atoms with Crippen LogP contribution in [0, 0.1) is 0 Å². The fraction of sp³-hybridized carbons (Fsp3) is 0.583. The normalized spacial score (nSPS) is 17.5. The summed E-state index contributed by atoms with van der Waals surface area (Å²) < 4.78 is 5.51. The monoisotopic (exact) mass is 267 g/mol. The number of nitrogens with one attached hydrogen (secondary N) is 1. The van der Waals surface area contributed by atoms with Crippen LogP contribution in [-0.2, 0) is 21.6 Å². The number of aliphatic carboxylic acids is 1. The Hall–Kier alpha value is -1.89. The predicted octanol–water partition coefficient (Wildman–Crippen LogP) is 0.395. The number of nitrogen functional groups attached to an aromatic ring is 1. The molecule has 1 aromatic rings. The summed E-state index contributed by atoms with van der Waals surface area (Å²) in [6.45, 7) is 0. The van der Waals surface area contributed by atoms with E-state index < -0.39 is 23.6 Å². The molecule has 0 spiro atoms. The summed E-state index contributed by atoms with van der Waals surface area (Å²) in [5.41, 5.74) is 4.58. The van der Waals surface area contributed by atoms with Crippen LogP contribution in [0.4, 0.5) is 5.82 Å². The van der Waals surface area contributed by atoms with Crippen LogP contribution >= 0.6 is 0 Å². The highest BCUT2D eigenvalue weighted by atomic mass is 16.5. The van der Waals surface area contributed by atoms with E-state index >= 15 is 0 Å². The van der Waals surface area contributed by atoms with Gasteiger partial charge in [0.2, 0.25) is 0 Å². The number of H-pyrrole nitrogens is 1. The summed E-state index contributed by atoms with van der Waals surface area (Å²) >= 11 is 0. The zero-order valence-electron chi connectivity index (χ0n) is 10.7. The Morgan fingerprint density at radius 3 is 2.63 bits per heavy atom. The van der Waals surface area contributed by atoms with E-state index in [-0.39, 0.29) is 11.4 Å². The molecule has 1 fully saturated rings. The van der Waals surface area contributed by atoms with E-state index in [9.17, 15) is 9.59 Å². The van der Waals surface area contributed by atoms with Crippen molar-refractivity contribution in [1.82, 2.24) is 9.97 Å². The van der Waals surface area contributed by atoms with Gasteiger partial charge in [-0.05, 0) is 25.7 Å². The van der Waals surface area contributed by atoms with E-state index in [2.05, 4.69) is 9.97 Å². The van der Waals surface area contributed by atoms with Crippen molar-refractivity contribution in [2.75, 3.05) is 12.8 Å². The fourth-order valence-electron chi connectivity index (χ4n) is 2.54. The van der Waals surface area contributed by atoms with Crippen molar-refractivity contribution in [3.8, 4) is 0 Å². The lowest BCUT2D eigenvalue weighted by Gasteiger charge is -2.26. The smallest absolute Gasteiger partial charge is 0.308 e. The van der Waals surface area contributed by atoms with Crippen LogP contribution in [0.1, 0.15) is 37.1 Å². The molecule has 7 heteroatoms. The number of rotatable bonds is 4. The first kappa shape index (κ1) is 13.5. The summed E-state index contributed by atoms with van der Waals surface area (Å²) in [6, 6.07) is 0. The highest BCUT2D eigenvalue weighted by Crippen LogP contribution is 2.39. The van der Waals surface area contributed by atoms with Crippen molar-refractivity contribution >= 4 is 11.8 Å². The zero-order chi connectivity index (χ0) is 14.0. The zero-order valence-corrected chi connectivity index (χ0v) is 10.7. The molecule has 104 valence electrons. The number of aromatic amines is 1. The lowest BCUT2D eigenvalue weighted by molar-refractivity contribution is -0.136. The number of carboxylic acids is 1. The number of ether oxygens (including phenoxy) is 1. The third-order valence-corrected chi connectivity index (χ3v) is 3.61. The molecular weight excluding hydrogens is 250 g/mol. The van der Waals surface area contributed by atoms with Gasteiger partial charge in [0, 0.05) is 7.11 Å². The Balaban J connectivity index is 2.45. The second-order valence-corrected chi connectivity index (χ2v) is 4.75. The first-order valence-electron chi connectivity index (χ1n) is 6.14. The largest absolute Gasteiger partial charge is 0.481 e. The minimum Gasteiger partial charge on any atom is -0.481 e. The van der Waals surface area contributed by atoms with Gasteiger partial charge in [0.05, 0.1) is 12.0 Å². The number of aromatic nitrogens is 2. The van der Waals surface area contributed by atoms with Crippen LogP contribution in [0.2, 0.25) is 0 Å². The first-order valence-corrected chi connectivity index (χ1v) is 6.14. The number of nitrogens with two attached hydrogens (primary N) is 1. The maximum atomic E-state index is 11.9. The molecule has 0 aliphatic heterocycles. The Morgan fingerprint density at radius 2 is 2.16 bits per heavy atom. The molecule has 0 aromatic carbocycles. The quantitative estimate of drug-likeness (QED) is 0.726. The Bertz CT molecular complexity index is 546. The number of carbonyl (C=O) groups is 1. The lowest BCUT2D eigenvalue weighted by Crippen LogP contribution is -2.32. The summed E-state index contributed by atoms with van der Waals surface area (Å²) in [6.07, 6.45) is 3.09. The van der Waals surface area contributed by atoms with Gasteiger partial charge in [0.1, 0.15) is 17.2 Å². The molecule has 1 saturated carbocycles. The molecule has 0 atom stereocenters. The summed E-state index contributed by atoms with van der Waals surface area (Å²) in [5.74, 6) is -0.761. The van der Waals surface area contributed by atoms with Gasteiger partial charge in [-0.15, -0.1) is 0 Å². The van der Waals surface area contributed by atoms with Crippen LogP contribution in [0.5, 0.6) is 0 Å². The van der Waals surface area contributed by atoms with E-state index in [1.807, 2.05) is 0 Å². The third-order valence-electron chi connectivity index (χ3n) is 3.61. The molecule has 0 unspecified atom stereocenters. The van der Waals surface area contributed by atoms with E-state index in [0.717, 1.165) is 25.7 Å². The second-order valence-electron chi connectivity index (χ2n) is 4.75. The van der Waals surface area contributed by atoms with Crippen LogP contribution in [0.15, 0.2) is 4.79 Å². The average molecular weight is 267 g/mol. The molecule has 0 bridgehead atoms. The highest BCUT2D eigenvalue weighted by molar-refractivity contribution is 5.71. The maximum Gasteiger partial charge on any atom is 0.308 e. The molecule has 2 rings (SSSR count). The number of hydrogen-bond acceptors (Lipinski definition) is 5. The van der Waals surface area contributed by atoms with Crippen LogP contribution in [0.25, 0.3) is 0 Å². The number of hydrogen-bond donors (Lipinski definition) is 3. The minimum atomic E-state index is -1.12. The van der Waals surface area contributed by atoms with Gasteiger partial charge >= 0.3 is 5.97 Å². The van der Waals surface area contributed by atoms with Crippen molar-refractivity contribution in [2.24, 2.45) is 0 Å². The standard InChI is InChI=1S/C12H17N3O4/c1-19-12(4-2-3-5-12)11-14-9(13)7(6-8(16)17)10(18)15-11/h2-6H2,1H3,(H,16,17)(H3,13,14,15,18). The van der Waals surface area contributed by atoms with Crippen molar-refractivity contribution in [1.29, 1.82) is 0 Å². The second kappa shape index (κ2) is 5.00. The molecule has 19 heavy (non-hydrogen) atoms. The van der Waals surface area contributed by atoms with Crippen molar-refractivity contribution in [3.63, 3.8) is 0 Å². The number of nitrogens with zero attached hydrogens (tertiary/aromatic N) is 1. The van der Waals surface area contributed by atoms with E-state index in [4.69, 9.17) is 15.6 Å². The Kier molecular flexibility index (Phi) is 3.57. The maximum absolute atomic E-state index is 11.9. The van der Waals surface area contributed by atoms with E-state index in [0.29, 0.717) is 5.82 Å². The number of carboxylic acid groups (broad SMARTS) is 1. The van der Waals surface area contributed by atoms with Crippen LogP contribution < -0.4 is 11.3 Å². The highest BCUT2D eigenvalue weighted by Gasteiger charge is 2.38. The fourth-order valence-corrected chi connectivity index (χ4v) is 2.54. The van der Waals surface area contributed by atoms with Crippen molar-refractivity contribution in [3.05, 3.63) is 21.7 Å². The van der Waals surface area contributed by atoms with Gasteiger partial charge in [-0.2, -0.15) is 0 Å².